The van der Waals surface area contributed by atoms with Gasteiger partial charge >= 0.3 is 12.2 Å². The first-order valence-electron chi connectivity index (χ1n) is 8.78. The lowest BCUT2D eigenvalue weighted by atomic mass is 10.4. The van der Waals surface area contributed by atoms with Gasteiger partial charge < -0.3 is 28.8 Å². The fraction of sp³-hybridized carbons (Fsp3) is 0.588. The second-order valence-corrected chi connectivity index (χ2v) is 5.98. The van der Waals surface area contributed by atoms with Crippen LogP contribution < -0.4 is 15.0 Å². The van der Waals surface area contributed by atoms with Gasteiger partial charge in [-0.15, -0.1) is 0 Å². The molecule has 0 aliphatic carbocycles. The predicted octanol–water partition coefficient (Wildman–Crippen LogP) is 2.43. The van der Waals surface area contributed by atoms with Crippen molar-refractivity contribution in [3.8, 4) is 6.01 Å². The number of hydrogen-bond donors (Lipinski definition) is 1. The van der Waals surface area contributed by atoms with Gasteiger partial charge in [-0.2, -0.15) is 28.1 Å². The molecule has 162 valence electrons. The zero-order chi connectivity index (χ0) is 21.3. The average molecular weight is 419 g/mol. The van der Waals surface area contributed by atoms with E-state index in [4.69, 9.17) is 18.6 Å². The highest BCUT2D eigenvalue weighted by atomic mass is 19.4. The normalized spacial score (nSPS) is 11.5. The topological polar surface area (TPSA) is 94.8 Å². The highest BCUT2D eigenvalue weighted by Crippen LogP contribution is 2.20. The number of hydrogen-bond acceptors (Lipinski definition) is 9. The van der Waals surface area contributed by atoms with Gasteiger partial charge in [-0.1, -0.05) is 0 Å². The molecule has 9 nitrogen and oxygen atoms in total. The van der Waals surface area contributed by atoms with Gasteiger partial charge in [0.2, 0.25) is 11.9 Å². The van der Waals surface area contributed by atoms with Crippen molar-refractivity contribution in [2.75, 3.05) is 57.3 Å². The fourth-order valence-electron chi connectivity index (χ4n) is 2.24. The van der Waals surface area contributed by atoms with Gasteiger partial charge in [-0.25, -0.2) is 0 Å². The first-order valence-corrected chi connectivity index (χ1v) is 8.78. The summed E-state index contributed by atoms with van der Waals surface area (Å²) >= 11 is 0. The Morgan fingerprint density at radius 3 is 2.31 bits per heavy atom. The van der Waals surface area contributed by atoms with Crippen LogP contribution in [-0.2, 0) is 16.0 Å². The third-order valence-corrected chi connectivity index (χ3v) is 3.60. The van der Waals surface area contributed by atoms with E-state index in [0.29, 0.717) is 32.1 Å². The summed E-state index contributed by atoms with van der Waals surface area (Å²) in [7, 11) is 3.08. The number of nitrogens with zero attached hydrogens (tertiary/aromatic N) is 4. The quantitative estimate of drug-likeness (QED) is 0.556. The molecule has 2 heterocycles. The monoisotopic (exact) mass is 419 g/mol. The summed E-state index contributed by atoms with van der Waals surface area (Å²) in [5, 5.41) is 2.91. The van der Waals surface area contributed by atoms with E-state index in [1.807, 2.05) is 0 Å². The minimum Gasteiger partial charge on any atom is -0.465 e. The van der Waals surface area contributed by atoms with E-state index in [2.05, 4.69) is 20.3 Å². The van der Waals surface area contributed by atoms with Gasteiger partial charge in [0.05, 0.1) is 19.8 Å². The van der Waals surface area contributed by atoms with Gasteiger partial charge in [0.1, 0.15) is 11.5 Å². The molecule has 0 aliphatic rings. The molecule has 1 N–H and O–H groups in total. The summed E-state index contributed by atoms with van der Waals surface area (Å²) in [6.07, 6.45) is -4.52. The summed E-state index contributed by atoms with van der Waals surface area (Å²) in [6.45, 7) is 2.07. The molecule has 29 heavy (non-hydrogen) atoms. The molecular weight excluding hydrogens is 395 g/mol. The molecule has 0 saturated carbocycles. The minimum atomic E-state index is -4.52. The number of ether oxygens (including phenoxy) is 3. The molecule has 0 atom stereocenters. The van der Waals surface area contributed by atoms with Crippen molar-refractivity contribution in [1.29, 1.82) is 0 Å². The molecule has 2 aromatic rings. The molecule has 12 heteroatoms. The summed E-state index contributed by atoms with van der Waals surface area (Å²) in [4.78, 5) is 13.9. The maximum atomic E-state index is 12.5. The smallest absolute Gasteiger partial charge is 0.422 e. The van der Waals surface area contributed by atoms with Crippen LogP contribution in [0, 0.1) is 6.92 Å². The largest absolute Gasteiger partial charge is 0.465 e. The van der Waals surface area contributed by atoms with E-state index in [-0.39, 0.29) is 18.4 Å². The molecule has 0 radical (unpaired) electrons. The van der Waals surface area contributed by atoms with E-state index >= 15 is 0 Å². The number of aryl methyl sites for hydroxylation is 1. The molecule has 0 aromatic carbocycles. The number of aromatic nitrogens is 3. The van der Waals surface area contributed by atoms with Crippen molar-refractivity contribution < 1.29 is 31.8 Å². The Kier molecular flexibility index (Phi) is 8.46. The third-order valence-electron chi connectivity index (χ3n) is 3.60. The lowest BCUT2D eigenvalue weighted by molar-refractivity contribution is -0.154. The van der Waals surface area contributed by atoms with Gasteiger partial charge in [0.15, 0.2) is 6.61 Å². The van der Waals surface area contributed by atoms with E-state index in [9.17, 15) is 13.2 Å². The Bertz CT molecular complexity index is 749. The first kappa shape index (κ1) is 22.7. The third kappa shape index (κ3) is 8.11. The number of rotatable bonds is 12. The van der Waals surface area contributed by atoms with E-state index < -0.39 is 18.8 Å². The van der Waals surface area contributed by atoms with Crippen LogP contribution in [0.25, 0.3) is 0 Å². The zero-order valence-corrected chi connectivity index (χ0v) is 16.5. The molecule has 2 aromatic heterocycles. The summed E-state index contributed by atoms with van der Waals surface area (Å²) in [6, 6.07) is 3.13. The van der Waals surface area contributed by atoms with E-state index in [0.717, 1.165) is 5.76 Å². The lowest BCUT2D eigenvalue weighted by Gasteiger charge is -2.22. The molecule has 0 aliphatic heterocycles. The lowest BCUT2D eigenvalue weighted by Crippen LogP contribution is -2.32. The van der Waals surface area contributed by atoms with Gasteiger partial charge in [0, 0.05) is 27.3 Å². The van der Waals surface area contributed by atoms with Crippen LogP contribution in [-0.4, -0.2) is 68.3 Å². The molecule has 0 amide bonds. The Labute approximate surface area is 166 Å². The van der Waals surface area contributed by atoms with Crippen molar-refractivity contribution >= 4 is 11.9 Å². The standard InChI is InChI=1S/C17H24F3N5O4/c1-12-4-5-13(29-12)10-21-14-22-15(25(6-8-26-2)7-9-27-3)24-16(23-14)28-11-17(18,19)20/h4-5H,6-11H2,1-3H3,(H,21,22,23,24). The number of alkyl halides is 3. The van der Waals surface area contributed by atoms with Crippen LogP contribution in [0.1, 0.15) is 11.5 Å². The Morgan fingerprint density at radius 2 is 1.76 bits per heavy atom. The SMILES string of the molecule is COCCN(CCOC)c1nc(NCc2ccc(C)o2)nc(OCC(F)(F)F)n1. The second-order valence-electron chi connectivity index (χ2n) is 5.98. The van der Waals surface area contributed by atoms with Crippen LogP contribution in [0.15, 0.2) is 16.5 Å². The molecule has 0 saturated heterocycles. The molecule has 2 rings (SSSR count). The van der Waals surface area contributed by atoms with E-state index in [1.165, 1.54) is 14.2 Å². The van der Waals surface area contributed by atoms with Gasteiger partial charge in [0.25, 0.3) is 0 Å². The highest BCUT2D eigenvalue weighted by molar-refractivity contribution is 5.38. The van der Waals surface area contributed by atoms with Crippen LogP contribution in [0.5, 0.6) is 6.01 Å². The molecule has 0 fully saturated rings. The summed E-state index contributed by atoms with van der Waals surface area (Å²) in [5.41, 5.74) is 0. The molecular formula is C17H24F3N5O4. The fourth-order valence-corrected chi connectivity index (χ4v) is 2.24. The van der Waals surface area contributed by atoms with Crippen LogP contribution in [0.4, 0.5) is 25.1 Å². The first-order chi connectivity index (χ1) is 13.8. The maximum Gasteiger partial charge on any atom is 0.422 e. The summed E-state index contributed by atoms with van der Waals surface area (Å²) < 4.78 is 57.9. The van der Waals surface area contributed by atoms with Crippen molar-refractivity contribution in [3.63, 3.8) is 0 Å². The molecule has 0 bridgehead atoms. The van der Waals surface area contributed by atoms with Crippen molar-refractivity contribution in [2.24, 2.45) is 0 Å². The van der Waals surface area contributed by atoms with Crippen molar-refractivity contribution in [3.05, 3.63) is 23.7 Å². The van der Waals surface area contributed by atoms with Crippen LogP contribution in [0.3, 0.4) is 0 Å². The Hall–Kier alpha value is -2.60. The number of furan rings is 1. The average Bonchev–Trinajstić information content (AvgIpc) is 3.09. The minimum absolute atomic E-state index is 0.0565. The van der Waals surface area contributed by atoms with Gasteiger partial charge in [-0.3, -0.25) is 0 Å². The predicted molar refractivity (Wildman–Crippen MR) is 98.1 cm³/mol. The molecule has 0 unspecified atom stereocenters. The maximum absolute atomic E-state index is 12.5. The molecule has 0 spiro atoms. The Morgan fingerprint density at radius 1 is 1.07 bits per heavy atom. The van der Waals surface area contributed by atoms with Gasteiger partial charge in [-0.05, 0) is 19.1 Å². The Balaban J connectivity index is 2.23. The highest BCUT2D eigenvalue weighted by Gasteiger charge is 2.29. The van der Waals surface area contributed by atoms with Crippen molar-refractivity contribution in [2.45, 2.75) is 19.6 Å². The van der Waals surface area contributed by atoms with Crippen molar-refractivity contribution in [1.82, 2.24) is 15.0 Å². The van der Waals surface area contributed by atoms with Crippen LogP contribution >= 0.6 is 0 Å². The van der Waals surface area contributed by atoms with Crippen LogP contribution in [0.2, 0.25) is 0 Å². The second kappa shape index (κ2) is 10.8. The van der Waals surface area contributed by atoms with E-state index in [1.54, 1.807) is 24.0 Å². The number of anilines is 2. The number of methoxy groups -OCH3 is 2. The summed E-state index contributed by atoms with van der Waals surface area (Å²) in [5.74, 6) is 1.56. The number of halogens is 3. The zero-order valence-electron chi connectivity index (χ0n) is 16.5. The number of nitrogens with one attached hydrogen (secondary N) is 1.